The Morgan fingerprint density at radius 1 is 0.580 bits per heavy atom. The van der Waals surface area contributed by atoms with Crippen LogP contribution in [0.3, 0.4) is 0 Å². The van der Waals surface area contributed by atoms with Gasteiger partial charge in [0.1, 0.15) is 6.61 Å². The molecule has 0 aliphatic rings. The van der Waals surface area contributed by atoms with E-state index in [1.165, 1.54) is 135 Å². The molecule has 0 rings (SSSR count). The zero-order valence-corrected chi connectivity index (χ0v) is 33.7. The van der Waals surface area contributed by atoms with Gasteiger partial charge in [0, 0.05) is 19.4 Å². The molecule has 50 heavy (non-hydrogen) atoms. The lowest BCUT2D eigenvalue weighted by atomic mass is 9.96. The third-order valence-electron chi connectivity index (χ3n) is 9.39. The van der Waals surface area contributed by atoms with E-state index in [4.69, 9.17) is 24.3 Å². The lowest BCUT2D eigenvalue weighted by Gasteiger charge is -2.19. The third-order valence-corrected chi connectivity index (χ3v) is 10.4. The maximum atomic E-state index is 12.5. The molecule has 0 bridgehead atoms. The highest BCUT2D eigenvalue weighted by Gasteiger charge is 2.26. The fourth-order valence-electron chi connectivity index (χ4n) is 6.18. The predicted octanol–water partition coefficient (Wildman–Crippen LogP) is 11.5. The van der Waals surface area contributed by atoms with Gasteiger partial charge in [0.05, 0.1) is 13.2 Å². The molecule has 9 nitrogen and oxygen atoms in total. The molecule has 0 aromatic carbocycles. The molecule has 0 saturated heterocycles. The summed E-state index contributed by atoms with van der Waals surface area (Å²) in [7, 11) is -4.37. The van der Waals surface area contributed by atoms with Crippen LogP contribution >= 0.6 is 7.82 Å². The lowest BCUT2D eigenvalue weighted by molar-refractivity contribution is -0.161. The number of phosphoric acid groups is 1. The van der Waals surface area contributed by atoms with Crippen LogP contribution in [0.2, 0.25) is 0 Å². The minimum absolute atomic E-state index is 0.0571. The summed E-state index contributed by atoms with van der Waals surface area (Å²) in [6.07, 6.45) is 32.6. The van der Waals surface area contributed by atoms with Crippen molar-refractivity contribution in [1.82, 2.24) is 0 Å². The first kappa shape index (κ1) is 49.0. The Balaban J connectivity index is 4.19. The Bertz CT molecular complexity index is 814. The van der Waals surface area contributed by atoms with Crippen molar-refractivity contribution in [2.24, 2.45) is 11.7 Å². The second kappa shape index (κ2) is 36.4. The highest BCUT2D eigenvalue weighted by atomic mass is 31.2. The molecule has 0 aliphatic carbocycles. The van der Waals surface area contributed by atoms with Crippen molar-refractivity contribution in [2.75, 3.05) is 26.4 Å². The van der Waals surface area contributed by atoms with Crippen molar-refractivity contribution in [3.05, 3.63) is 0 Å². The summed E-state index contributed by atoms with van der Waals surface area (Å²) in [5.74, 6) is -0.00534. The minimum Gasteiger partial charge on any atom is -0.462 e. The summed E-state index contributed by atoms with van der Waals surface area (Å²) in [5, 5.41) is 0. The number of phosphoric ester groups is 1. The maximum absolute atomic E-state index is 12.5. The standard InChI is InChI=1S/C40H80NO8P/c1-4-6-8-10-12-13-14-15-16-17-18-24-28-32-40(43)49-38(36-48-50(44,45)47-34-33-41)35-46-39(42)31-27-23-20-19-22-26-30-37(3)29-25-21-11-9-7-5-2/h37-38H,4-36,41H2,1-3H3,(H,44,45)/t37-,38?/m1/s1. The van der Waals surface area contributed by atoms with Crippen molar-refractivity contribution in [3.8, 4) is 0 Å². The van der Waals surface area contributed by atoms with Gasteiger partial charge in [-0.1, -0.05) is 181 Å². The van der Waals surface area contributed by atoms with E-state index < -0.39 is 26.5 Å². The molecule has 0 heterocycles. The van der Waals surface area contributed by atoms with Gasteiger partial charge >= 0.3 is 19.8 Å². The van der Waals surface area contributed by atoms with Gasteiger partial charge in [-0.3, -0.25) is 18.6 Å². The first-order valence-electron chi connectivity index (χ1n) is 20.9. The van der Waals surface area contributed by atoms with Crippen LogP contribution in [-0.4, -0.2) is 49.3 Å². The van der Waals surface area contributed by atoms with Crippen LogP contribution in [0.1, 0.15) is 207 Å². The van der Waals surface area contributed by atoms with Gasteiger partial charge in [0.2, 0.25) is 0 Å². The number of ether oxygens (including phenoxy) is 2. The summed E-state index contributed by atoms with van der Waals surface area (Å²) >= 11 is 0. The van der Waals surface area contributed by atoms with Crippen molar-refractivity contribution in [2.45, 2.75) is 213 Å². The number of esters is 2. The topological polar surface area (TPSA) is 134 Å². The van der Waals surface area contributed by atoms with Crippen molar-refractivity contribution in [1.29, 1.82) is 0 Å². The van der Waals surface area contributed by atoms with Crippen molar-refractivity contribution in [3.63, 3.8) is 0 Å². The van der Waals surface area contributed by atoms with Crippen LogP contribution in [0, 0.1) is 5.92 Å². The number of unbranched alkanes of at least 4 members (excludes halogenated alkanes) is 22. The zero-order valence-electron chi connectivity index (χ0n) is 32.8. The minimum atomic E-state index is -4.37. The van der Waals surface area contributed by atoms with Gasteiger partial charge in [-0.15, -0.1) is 0 Å². The summed E-state index contributed by atoms with van der Waals surface area (Å²) in [4.78, 5) is 34.8. The fraction of sp³-hybridized carbons (Fsp3) is 0.950. The molecule has 2 unspecified atom stereocenters. The number of nitrogens with two attached hydrogens (primary N) is 1. The monoisotopic (exact) mass is 734 g/mol. The molecule has 10 heteroatoms. The number of carbonyl (C=O) groups is 2. The molecule has 0 radical (unpaired) electrons. The fourth-order valence-corrected chi connectivity index (χ4v) is 6.94. The van der Waals surface area contributed by atoms with E-state index >= 15 is 0 Å². The van der Waals surface area contributed by atoms with Gasteiger partial charge in [-0.25, -0.2) is 4.57 Å². The average molecular weight is 734 g/mol. The first-order valence-corrected chi connectivity index (χ1v) is 22.4. The second-order valence-electron chi connectivity index (χ2n) is 14.5. The van der Waals surface area contributed by atoms with E-state index in [0.717, 1.165) is 38.0 Å². The van der Waals surface area contributed by atoms with Crippen LogP contribution < -0.4 is 5.73 Å². The van der Waals surface area contributed by atoms with Gasteiger partial charge in [-0.2, -0.15) is 0 Å². The molecule has 298 valence electrons. The molecule has 0 spiro atoms. The van der Waals surface area contributed by atoms with Crippen molar-refractivity contribution >= 4 is 19.8 Å². The summed E-state index contributed by atoms with van der Waals surface area (Å²) in [6, 6.07) is 0. The van der Waals surface area contributed by atoms with E-state index in [1.54, 1.807) is 0 Å². The first-order chi connectivity index (χ1) is 24.2. The Morgan fingerprint density at radius 2 is 0.980 bits per heavy atom. The van der Waals surface area contributed by atoms with E-state index in [0.29, 0.717) is 6.42 Å². The largest absolute Gasteiger partial charge is 0.472 e. The SMILES string of the molecule is CCCCCCCCCCCCCCCC(=O)OC(COC(=O)CCCCCCCC[C@H](C)CCCCCCCC)COP(=O)(O)OCCN. The summed E-state index contributed by atoms with van der Waals surface area (Å²) in [6.45, 7) is 6.14. The molecule has 0 saturated carbocycles. The van der Waals surface area contributed by atoms with Gasteiger partial charge in [0.15, 0.2) is 6.10 Å². The average Bonchev–Trinajstić information content (AvgIpc) is 3.09. The molecule has 0 aromatic heterocycles. The third kappa shape index (κ3) is 35.4. The Hall–Kier alpha value is -0.990. The molecule has 0 aromatic rings. The van der Waals surface area contributed by atoms with Gasteiger partial charge < -0.3 is 20.1 Å². The number of carbonyl (C=O) groups excluding carboxylic acids is 2. The van der Waals surface area contributed by atoms with Gasteiger partial charge in [0.25, 0.3) is 0 Å². The van der Waals surface area contributed by atoms with Crippen LogP contribution in [-0.2, 0) is 32.7 Å². The second-order valence-corrected chi connectivity index (χ2v) is 15.9. The normalized spacial score (nSPS) is 13.9. The maximum Gasteiger partial charge on any atom is 0.472 e. The quantitative estimate of drug-likeness (QED) is 0.0359. The van der Waals surface area contributed by atoms with Crippen LogP contribution in [0.15, 0.2) is 0 Å². The Labute approximate surface area is 307 Å². The van der Waals surface area contributed by atoms with E-state index in [9.17, 15) is 19.0 Å². The molecule has 0 fully saturated rings. The van der Waals surface area contributed by atoms with Crippen LogP contribution in [0.25, 0.3) is 0 Å². The van der Waals surface area contributed by atoms with E-state index in [1.807, 2.05) is 0 Å². The predicted molar refractivity (Wildman–Crippen MR) is 206 cm³/mol. The molecule has 0 aliphatic heterocycles. The number of hydrogen-bond donors (Lipinski definition) is 2. The highest BCUT2D eigenvalue weighted by molar-refractivity contribution is 7.47. The molecule has 3 atom stereocenters. The van der Waals surface area contributed by atoms with Crippen LogP contribution in [0.5, 0.6) is 0 Å². The van der Waals surface area contributed by atoms with Crippen molar-refractivity contribution < 1.29 is 37.6 Å². The number of hydrogen-bond acceptors (Lipinski definition) is 8. The van der Waals surface area contributed by atoms with E-state index in [2.05, 4.69) is 20.8 Å². The smallest absolute Gasteiger partial charge is 0.462 e. The van der Waals surface area contributed by atoms with Gasteiger partial charge in [-0.05, 0) is 18.8 Å². The highest BCUT2D eigenvalue weighted by Crippen LogP contribution is 2.43. The molecule has 0 amide bonds. The molecule has 3 N–H and O–H groups in total. The molecular weight excluding hydrogens is 653 g/mol. The lowest BCUT2D eigenvalue weighted by Crippen LogP contribution is -2.29. The summed E-state index contributed by atoms with van der Waals surface area (Å²) < 4.78 is 32.8. The molecular formula is C40H80NO8P. The van der Waals surface area contributed by atoms with E-state index in [-0.39, 0.29) is 38.6 Å². The Morgan fingerprint density at radius 3 is 1.42 bits per heavy atom. The van der Waals surface area contributed by atoms with Crippen LogP contribution in [0.4, 0.5) is 0 Å². The Kier molecular flexibility index (Phi) is 35.7. The number of rotatable bonds is 39. The summed E-state index contributed by atoms with van der Waals surface area (Å²) in [5.41, 5.74) is 5.34. The zero-order chi connectivity index (χ0) is 37.0.